The summed E-state index contributed by atoms with van der Waals surface area (Å²) in [5.41, 5.74) is 1.34. The van der Waals surface area contributed by atoms with Gasteiger partial charge in [0.1, 0.15) is 17.5 Å². The van der Waals surface area contributed by atoms with Crippen molar-refractivity contribution in [1.82, 2.24) is 14.8 Å². The lowest BCUT2D eigenvalue weighted by molar-refractivity contribution is -0.380. The molecule has 10 nitrogen and oxygen atoms in total. The molecule has 1 amide bonds. The fraction of sp³-hybridized carbons (Fsp3) is 0.292. The average molecular weight is 511 g/mol. The van der Waals surface area contributed by atoms with Crippen LogP contribution in [-0.2, 0) is 4.74 Å². The molecule has 1 aliphatic heterocycles. The molecule has 0 aliphatic carbocycles. The first-order chi connectivity index (χ1) is 17.4. The first-order valence-electron chi connectivity index (χ1n) is 11.5. The van der Waals surface area contributed by atoms with Gasteiger partial charge in [-0.25, -0.2) is 14.1 Å². The van der Waals surface area contributed by atoms with Gasteiger partial charge in [-0.2, -0.15) is 5.10 Å². The monoisotopic (exact) mass is 510 g/mol. The lowest BCUT2D eigenvalue weighted by Crippen LogP contribution is -2.34. The van der Waals surface area contributed by atoms with Gasteiger partial charge in [-0.1, -0.05) is 11.3 Å². The number of rotatable bonds is 8. The number of nitrogens with zero attached hydrogens (tertiary/aromatic N) is 5. The average Bonchev–Trinajstić information content (AvgIpc) is 3.62. The van der Waals surface area contributed by atoms with Gasteiger partial charge < -0.3 is 15.0 Å². The number of ether oxygens (including phenoxy) is 1. The van der Waals surface area contributed by atoms with Crippen molar-refractivity contribution in [3.63, 3.8) is 0 Å². The number of halogens is 1. The van der Waals surface area contributed by atoms with E-state index in [9.17, 15) is 19.3 Å². The van der Waals surface area contributed by atoms with Crippen molar-refractivity contribution >= 4 is 44.8 Å². The molecular weight excluding hydrogens is 487 g/mol. The molecule has 0 saturated carbocycles. The zero-order valence-corrected chi connectivity index (χ0v) is 20.2. The molecule has 0 bridgehead atoms. The van der Waals surface area contributed by atoms with Crippen molar-refractivity contribution in [3.05, 3.63) is 69.5 Å². The zero-order valence-electron chi connectivity index (χ0n) is 19.4. The Hall–Kier alpha value is -3.90. The van der Waals surface area contributed by atoms with Crippen molar-refractivity contribution in [1.29, 1.82) is 0 Å². The molecule has 4 aromatic rings. The second-order valence-electron chi connectivity index (χ2n) is 8.29. The van der Waals surface area contributed by atoms with Crippen LogP contribution in [0.4, 0.5) is 21.0 Å². The Morgan fingerprint density at radius 3 is 2.83 bits per heavy atom. The summed E-state index contributed by atoms with van der Waals surface area (Å²) in [6.45, 7) is 3.91. The van der Waals surface area contributed by atoms with Crippen LogP contribution in [0, 0.1) is 15.9 Å². The number of aromatic nitrogens is 3. The Kier molecular flexibility index (Phi) is 6.61. The van der Waals surface area contributed by atoms with E-state index < -0.39 is 10.8 Å². The minimum absolute atomic E-state index is 0.119. The number of thiophene rings is 1. The largest absolute Gasteiger partial charge is 0.380 e. The molecule has 36 heavy (non-hydrogen) atoms. The number of nitro groups is 1. The first-order valence-corrected chi connectivity index (χ1v) is 12.3. The molecule has 1 aromatic carbocycles. The van der Waals surface area contributed by atoms with Crippen LogP contribution in [0.25, 0.3) is 16.6 Å². The number of carbonyl (C=O) groups excluding carboxylic acids is 1. The fourth-order valence-corrected chi connectivity index (χ4v) is 5.04. The second kappa shape index (κ2) is 9.99. The summed E-state index contributed by atoms with van der Waals surface area (Å²) in [5.74, 6) is 0.0901. The molecule has 0 radical (unpaired) electrons. The normalized spacial score (nSPS) is 15.5. The van der Waals surface area contributed by atoms with E-state index >= 15 is 0 Å². The third-order valence-corrected chi connectivity index (χ3v) is 7.07. The highest BCUT2D eigenvalue weighted by Crippen LogP contribution is 2.33. The molecule has 5 rings (SSSR count). The summed E-state index contributed by atoms with van der Waals surface area (Å²) in [4.78, 5) is 30.6. The minimum Gasteiger partial charge on any atom is -0.380 e. The van der Waals surface area contributed by atoms with E-state index in [-0.39, 0.29) is 21.7 Å². The van der Waals surface area contributed by atoms with Crippen LogP contribution in [-0.4, -0.2) is 51.4 Å². The fourth-order valence-electron chi connectivity index (χ4n) is 4.32. The Morgan fingerprint density at radius 2 is 2.11 bits per heavy atom. The first kappa shape index (κ1) is 23.8. The van der Waals surface area contributed by atoms with Crippen molar-refractivity contribution in [2.45, 2.75) is 25.8 Å². The van der Waals surface area contributed by atoms with E-state index in [1.165, 1.54) is 24.3 Å². The highest BCUT2D eigenvalue weighted by Gasteiger charge is 2.28. The molecule has 0 spiro atoms. The van der Waals surface area contributed by atoms with Crippen LogP contribution in [0.15, 0.2) is 48.7 Å². The van der Waals surface area contributed by atoms with Gasteiger partial charge in [0.15, 0.2) is 0 Å². The van der Waals surface area contributed by atoms with Gasteiger partial charge in [-0.15, -0.1) is 0 Å². The standard InChI is InChI=1S/C24H23FN6O4S/c1-2-35-14-17-4-3-11-29(17)21-12-19-18(13-26-30(19)16-7-5-15(25)6-8-16)23(27-21)28-24(32)20-9-10-22(36-20)31(33)34/h5-10,12-13,17H,2-4,11,14H2,1H3,(H,27,28,32)/t17-/m0/s1. The van der Waals surface area contributed by atoms with Gasteiger partial charge in [-0.3, -0.25) is 14.9 Å². The predicted molar refractivity (Wildman–Crippen MR) is 135 cm³/mol. The SMILES string of the molecule is CCOC[C@@H]1CCCN1c1cc2c(cnn2-c2ccc(F)cc2)c(NC(=O)c2ccc([N+](=O)[O-])s2)n1. The van der Waals surface area contributed by atoms with Gasteiger partial charge in [-0.05, 0) is 50.1 Å². The van der Waals surface area contributed by atoms with Gasteiger partial charge in [0.25, 0.3) is 5.91 Å². The molecular formula is C24H23FN6O4S. The number of anilines is 2. The Labute approximate surface area is 209 Å². The lowest BCUT2D eigenvalue weighted by atomic mass is 10.2. The highest BCUT2D eigenvalue weighted by molar-refractivity contribution is 7.17. The molecule has 0 unspecified atom stereocenters. The van der Waals surface area contributed by atoms with Crippen LogP contribution >= 0.6 is 11.3 Å². The summed E-state index contributed by atoms with van der Waals surface area (Å²) in [5, 5.41) is 18.8. The lowest BCUT2D eigenvalue weighted by Gasteiger charge is -2.26. The number of nitrogens with one attached hydrogen (secondary N) is 1. The van der Waals surface area contributed by atoms with E-state index in [0.717, 1.165) is 30.7 Å². The van der Waals surface area contributed by atoms with E-state index in [1.54, 1.807) is 23.0 Å². The third kappa shape index (κ3) is 4.64. The van der Waals surface area contributed by atoms with E-state index in [1.807, 2.05) is 13.0 Å². The topological polar surface area (TPSA) is 115 Å². The van der Waals surface area contributed by atoms with Crippen LogP contribution in [0.2, 0.25) is 0 Å². The number of fused-ring (bicyclic) bond motifs is 1. The van der Waals surface area contributed by atoms with Gasteiger partial charge in [0.2, 0.25) is 0 Å². The molecule has 186 valence electrons. The molecule has 3 aromatic heterocycles. The molecule has 12 heteroatoms. The number of hydrogen-bond donors (Lipinski definition) is 1. The van der Waals surface area contributed by atoms with Gasteiger partial charge in [0.05, 0.1) is 45.2 Å². The maximum absolute atomic E-state index is 13.5. The van der Waals surface area contributed by atoms with Crippen LogP contribution in [0.5, 0.6) is 0 Å². The number of amides is 1. The number of benzene rings is 1. The molecule has 1 aliphatic rings. The van der Waals surface area contributed by atoms with Crippen molar-refractivity contribution < 1.29 is 18.8 Å². The summed E-state index contributed by atoms with van der Waals surface area (Å²) in [6, 6.07) is 10.7. The Morgan fingerprint density at radius 1 is 1.31 bits per heavy atom. The minimum atomic E-state index is -0.531. The van der Waals surface area contributed by atoms with Crippen molar-refractivity contribution in [3.8, 4) is 5.69 Å². The number of carbonyl (C=O) groups is 1. The van der Waals surface area contributed by atoms with Crippen molar-refractivity contribution in [2.24, 2.45) is 0 Å². The zero-order chi connectivity index (χ0) is 25.2. The van der Waals surface area contributed by atoms with Crippen molar-refractivity contribution in [2.75, 3.05) is 30.0 Å². The number of hydrogen-bond acceptors (Lipinski definition) is 8. The molecule has 1 fully saturated rings. The maximum Gasteiger partial charge on any atom is 0.324 e. The molecule has 1 atom stereocenters. The summed E-state index contributed by atoms with van der Waals surface area (Å²) in [6.07, 6.45) is 3.52. The highest BCUT2D eigenvalue weighted by atomic mass is 32.1. The maximum atomic E-state index is 13.5. The molecule has 1 saturated heterocycles. The van der Waals surface area contributed by atoms with Gasteiger partial charge in [0, 0.05) is 25.3 Å². The van der Waals surface area contributed by atoms with Gasteiger partial charge >= 0.3 is 5.00 Å². The van der Waals surface area contributed by atoms with Crippen LogP contribution < -0.4 is 10.2 Å². The third-order valence-electron chi connectivity index (χ3n) is 6.04. The van der Waals surface area contributed by atoms with Crippen LogP contribution in [0.1, 0.15) is 29.4 Å². The second-order valence-corrected chi connectivity index (χ2v) is 9.35. The summed E-state index contributed by atoms with van der Waals surface area (Å²) in [7, 11) is 0. The van der Waals surface area contributed by atoms with E-state index in [0.29, 0.717) is 41.4 Å². The summed E-state index contributed by atoms with van der Waals surface area (Å²) < 4.78 is 20.9. The van der Waals surface area contributed by atoms with E-state index in [4.69, 9.17) is 9.72 Å². The summed E-state index contributed by atoms with van der Waals surface area (Å²) >= 11 is 0.794. The van der Waals surface area contributed by atoms with E-state index in [2.05, 4.69) is 15.3 Å². The Balaban J connectivity index is 1.57. The molecule has 4 heterocycles. The molecule has 1 N–H and O–H groups in total. The van der Waals surface area contributed by atoms with Crippen LogP contribution in [0.3, 0.4) is 0 Å². The number of pyridine rings is 1. The predicted octanol–water partition coefficient (Wildman–Crippen LogP) is 4.79. The smallest absolute Gasteiger partial charge is 0.324 e. The quantitative estimate of drug-likeness (QED) is 0.268. The Bertz CT molecular complexity index is 1420.